The first-order valence-corrected chi connectivity index (χ1v) is 9.07. The Bertz CT molecular complexity index is 771. The van der Waals surface area contributed by atoms with Crippen molar-refractivity contribution >= 4 is 11.8 Å². The summed E-state index contributed by atoms with van der Waals surface area (Å²) in [6.45, 7) is 1.19. The number of para-hydroxylation sites is 2. The molecule has 0 aromatic heterocycles. The fraction of sp³-hybridized carbons (Fsp3) is 0.333. The summed E-state index contributed by atoms with van der Waals surface area (Å²) < 4.78 is 10.7. The van der Waals surface area contributed by atoms with Gasteiger partial charge in [-0.15, -0.1) is 0 Å². The minimum absolute atomic E-state index is 0.00955. The number of ether oxygens (including phenoxy) is 2. The number of nitrogens with zero attached hydrogens (tertiary/aromatic N) is 1. The molecule has 0 saturated carbocycles. The molecular formula is C21H24N2O4. The zero-order chi connectivity index (χ0) is 19.1. The molecule has 1 heterocycles. The van der Waals surface area contributed by atoms with E-state index in [9.17, 15) is 9.59 Å². The summed E-state index contributed by atoms with van der Waals surface area (Å²) in [6.07, 6.45) is 1.44. The van der Waals surface area contributed by atoms with E-state index in [1.54, 1.807) is 24.1 Å². The minimum Gasteiger partial charge on any atom is -0.496 e. The number of carbonyl (C=O) groups excluding carboxylic acids is 2. The molecule has 6 heteroatoms. The lowest BCUT2D eigenvalue weighted by molar-refractivity contribution is -0.124. The van der Waals surface area contributed by atoms with Crippen LogP contribution in [0.5, 0.6) is 11.5 Å². The van der Waals surface area contributed by atoms with Crippen molar-refractivity contribution in [2.45, 2.75) is 18.9 Å². The van der Waals surface area contributed by atoms with E-state index in [2.05, 4.69) is 5.32 Å². The average Bonchev–Trinajstić information content (AvgIpc) is 2.73. The highest BCUT2D eigenvalue weighted by Gasteiger charge is 2.26. The molecule has 1 saturated heterocycles. The van der Waals surface area contributed by atoms with Crippen LogP contribution in [0.2, 0.25) is 0 Å². The Balaban J connectivity index is 1.46. The molecule has 1 aliphatic heterocycles. The Labute approximate surface area is 159 Å². The number of methoxy groups -OCH3 is 1. The van der Waals surface area contributed by atoms with E-state index in [0.29, 0.717) is 30.2 Å². The van der Waals surface area contributed by atoms with Gasteiger partial charge in [0.15, 0.2) is 6.61 Å². The van der Waals surface area contributed by atoms with Crippen LogP contribution in [-0.4, -0.2) is 49.6 Å². The molecule has 2 aromatic rings. The number of amides is 2. The maximum atomic E-state index is 12.7. The third-order valence-corrected chi connectivity index (χ3v) is 4.60. The van der Waals surface area contributed by atoms with Gasteiger partial charge in [-0.1, -0.05) is 30.3 Å². The first-order chi connectivity index (χ1) is 13.2. The average molecular weight is 368 g/mol. The van der Waals surface area contributed by atoms with Crippen LogP contribution in [0.3, 0.4) is 0 Å². The second-order valence-electron chi connectivity index (χ2n) is 6.44. The topological polar surface area (TPSA) is 67.9 Å². The highest BCUT2D eigenvalue weighted by atomic mass is 16.5. The summed E-state index contributed by atoms with van der Waals surface area (Å²) in [7, 11) is 1.56. The zero-order valence-electron chi connectivity index (χ0n) is 15.4. The van der Waals surface area contributed by atoms with Crippen LogP contribution in [0.15, 0.2) is 54.6 Å². The van der Waals surface area contributed by atoms with Crippen LogP contribution >= 0.6 is 0 Å². The van der Waals surface area contributed by atoms with Crippen molar-refractivity contribution in [3.63, 3.8) is 0 Å². The molecule has 1 fully saturated rings. The van der Waals surface area contributed by atoms with E-state index in [-0.39, 0.29) is 24.5 Å². The third kappa shape index (κ3) is 5.00. The predicted molar refractivity (Wildman–Crippen MR) is 102 cm³/mol. The molecule has 0 aliphatic carbocycles. The van der Waals surface area contributed by atoms with Crippen molar-refractivity contribution in [2.75, 3.05) is 26.8 Å². The van der Waals surface area contributed by atoms with Crippen LogP contribution in [0.1, 0.15) is 23.2 Å². The summed E-state index contributed by atoms with van der Waals surface area (Å²) in [5.41, 5.74) is 0.568. The summed E-state index contributed by atoms with van der Waals surface area (Å²) in [5, 5.41) is 2.98. The van der Waals surface area contributed by atoms with Gasteiger partial charge in [0.05, 0.1) is 12.7 Å². The molecule has 0 atom stereocenters. The van der Waals surface area contributed by atoms with Crippen molar-refractivity contribution in [3.8, 4) is 11.5 Å². The van der Waals surface area contributed by atoms with Crippen LogP contribution in [0.25, 0.3) is 0 Å². The summed E-state index contributed by atoms with van der Waals surface area (Å²) in [5.74, 6) is 1.07. The fourth-order valence-corrected chi connectivity index (χ4v) is 3.15. The van der Waals surface area contributed by atoms with E-state index in [0.717, 1.165) is 12.8 Å². The number of hydrogen-bond donors (Lipinski definition) is 1. The van der Waals surface area contributed by atoms with Crippen molar-refractivity contribution < 1.29 is 19.1 Å². The van der Waals surface area contributed by atoms with Crippen LogP contribution in [0, 0.1) is 0 Å². The largest absolute Gasteiger partial charge is 0.496 e. The molecular weight excluding hydrogens is 344 g/mol. The van der Waals surface area contributed by atoms with Crippen LogP contribution in [-0.2, 0) is 4.79 Å². The standard InChI is InChI=1S/C21H24N2O4/c1-26-19-10-6-5-9-18(19)21(25)23-13-11-16(12-14-23)22-20(24)15-27-17-7-3-2-4-8-17/h2-10,16H,11-15H2,1H3,(H,22,24). The molecule has 2 amide bonds. The van der Waals surface area contributed by atoms with E-state index in [1.165, 1.54) is 0 Å². The Morgan fingerprint density at radius 1 is 1.04 bits per heavy atom. The monoisotopic (exact) mass is 368 g/mol. The molecule has 3 rings (SSSR count). The molecule has 0 radical (unpaired) electrons. The van der Waals surface area contributed by atoms with Gasteiger partial charge in [-0.05, 0) is 37.1 Å². The smallest absolute Gasteiger partial charge is 0.258 e. The summed E-state index contributed by atoms with van der Waals surface area (Å²) >= 11 is 0. The van der Waals surface area contributed by atoms with Crippen molar-refractivity contribution in [1.82, 2.24) is 10.2 Å². The lowest BCUT2D eigenvalue weighted by atomic mass is 10.0. The third-order valence-electron chi connectivity index (χ3n) is 4.60. The van der Waals surface area contributed by atoms with Gasteiger partial charge >= 0.3 is 0 Å². The van der Waals surface area contributed by atoms with Gasteiger partial charge in [0.2, 0.25) is 0 Å². The van der Waals surface area contributed by atoms with Gasteiger partial charge in [-0.25, -0.2) is 0 Å². The fourth-order valence-electron chi connectivity index (χ4n) is 3.15. The van der Waals surface area contributed by atoms with E-state index < -0.39 is 0 Å². The second-order valence-corrected chi connectivity index (χ2v) is 6.44. The van der Waals surface area contributed by atoms with Gasteiger partial charge in [-0.2, -0.15) is 0 Å². The number of rotatable bonds is 6. The lowest BCUT2D eigenvalue weighted by Crippen LogP contribution is -2.47. The van der Waals surface area contributed by atoms with Crippen molar-refractivity contribution in [3.05, 3.63) is 60.2 Å². The summed E-state index contributed by atoms with van der Waals surface area (Å²) in [6, 6.07) is 16.5. The first-order valence-electron chi connectivity index (χ1n) is 9.07. The van der Waals surface area contributed by atoms with Crippen LogP contribution < -0.4 is 14.8 Å². The SMILES string of the molecule is COc1ccccc1C(=O)N1CCC(NC(=O)COc2ccccc2)CC1. The highest BCUT2D eigenvalue weighted by molar-refractivity contribution is 5.97. The van der Waals surface area contributed by atoms with Gasteiger partial charge in [0, 0.05) is 19.1 Å². The molecule has 2 aromatic carbocycles. The predicted octanol–water partition coefficient (Wildman–Crippen LogP) is 2.50. The van der Waals surface area contributed by atoms with E-state index in [1.807, 2.05) is 42.5 Å². The Kier molecular flexibility index (Phi) is 6.30. The van der Waals surface area contributed by atoms with Gasteiger partial charge in [0.25, 0.3) is 11.8 Å². The van der Waals surface area contributed by atoms with Crippen molar-refractivity contribution in [2.24, 2.45) is 0 Å². The molecule has 27 heavy (non-hydrogen) atoms. The maximum absolute atomic E-state index is 12.7. The highest BCUT2D eigenvalue weighted by Crippen LogP contribution is 2.21. The summed E-state index contributed by atoms with van der Waals surface area (Å²) in [4.78, 5) is 26.6. The van der Waals surface area contributed by atoms with Gasteiger partial charge in [-0.3, -0.25) is 9.59 Å². The molecule has 142 valence electrons. The van der Waals surface area contributed by atoms with Gasteiger partial charge in [0.1, 0.15) is 11.5 Å². The number of likely N-dealkylation sites (tertiary alicyclic amines) is 1. The maximum Gasteiger partial charge on any atom is 0.258 e. The van der Waals surface area contributed by atoms with Gasteiger partial charge < -0.3 is 19.7 Å². The number of piperidine rings is 1. The zero-order valence-corrected chi connectivity index (χ0v) is 15.4. The number of hydrogen-bond acceptors (Lipinski definition) is 4. The molecule has 6 nitrogen and oxygen atoms in total. The Morgan fingerprint density at radius 2 is 1.70 bits per heavy atom. The molecule has 0 bridgehead atoms. The van der Waals surface area contributed by atoms with Crippen LogP contribution in [0.4, 0.5) is 0 Å². The molecule has 0 spiro atoms. The first kappa shape index (κ1) is 18.8. The Hall–Kier alpha value is -3.02. The van der Waals surface area contributed by atoms with E-state index >= 15 is 0 Å². The minimum atomic E-state index is -0.145. The van der Waals surface area contributed by atoms with E-state index in [4.69, 9.17) is 9.47 Å². The Morgan fingerprint density at radius 3 is 2.41 bits per heavy atom. The second kappa shape index (κ2) is 9.07. The lowest BCUT2D eigenvalue weighted by Gasteiger charge is -2.32. The van der Waals surface area contributed by atoms with Crippen molar-refractivity contribution in [1.29, 1.82) is 0 Å². The molecule has 1 N–H and O–H groups in total. The quantitative estimate of drug-likeness (QED) is 0.851. The number of nitrogens with one attached hydrogen (secondary N) is 1. The number of carbonyl (C=O) groups is 2. The molecule has 0 unspecified atom stereocenters. The molecule has 1 aliphatic rings. The normalized spacial score (nSPS) is 14.5. The number of benzene rings is 2.